The van der Waals surface area contributed by atoms with Crippen LogP contribution in [0.25, 0.3) is 10.9 Å². The van der Waals surface area contributed by atoms with Crippen LogP contribution in [0.5, 0.6) is 5.75 Å². The van der Waals surface area contributed by atoms with Gasteiger partial charge in [-0.2, -0.15) is 13.9 Å². The highest BCUT2D eigenvalue weighted by Gasteiger charge is 2.12. The third-order valence-corrected chi connectivity index (χ3v) is 2.03. The van der Waals surface area contributed by atoms with E-state index in [1.165, 1.54) is 6.07 Å². The van der Waals surface area contributed by atoms with Crippen molar-refractivity contribution in [2.75, 3.05) is 5.73 Å². The van der Waals surface area contributed by atoms with Crippen LogP contribution in [0.1, 0.15) is 5.56 Å². The van der Waals surface area contributed by atoms with Gasteiger partial charge in [-0.3, -0.25) is 5.10 Å². The third kappa shape index (κ3) is 1.70. The van der Waals surface area contributed by atoms with Gasteiger partial charge >= 0.3 is 6.61 Å². The van der Waals surface area contributed by atoms with Crippen LogP contribution in [-0.2, 0) is 0 Å². The number of halogens is 2. The molecular weight excluding hydrogens is 204 g/mol. The summed E-state index contributed by atoms with van der Waals surface area (Å²) in [6, 6.07) is 3.26. The van der Waals surface area contributed by atoms with Gasteiger partial charge in [0, 0.05) is 5.39 Å². The van der Waals surface area contributed by atoms with Gasteiger partial charge in [0.15, 0.2) is 11.6 Å². The minimum Gasteiger partial charge on any atom is -0.433 e. The van der Waals surface area contributed by atoms with E-state index in [-0.39, 0.29) is 11.6 Å². The van der Waals surface area contributed by atoms with Gasteiger partial charge in [0.2, 0.25) is 0 Å². The van der Waals surface area contributed by atoms with E-state index in [4.69, 9.17) is 5.73 Å². The minimum atomic E-state index is -2.86. The highest BCUT2D eigenvalue weighted by Crippen LogP contribution is 2.29. The van der Waals surface area contributed by atoms with Crippen LogP contribution in [0.3, 0.4) is 0 Å². The van der Waals surface area contributed by atoms with Crippen molar-refractivity contribution in [3.8, 4) is 5.75 Å². The van der Waals surface area contributed by atoms with E-state index >= 15 is 0 Å². The summed E-state index contributed by atoms with van der Waals surface area (Å²) in [7, 11) is 0. The van der Waals surface area contributed by atoms with E-state index in [0.29, 0.717) is 10.9 Å². The molecule has 0 bridgehead atoms. The van der Waals surface area contributed by atoms with Crippen LogP contribution in [0.15, 0.2) is 12.1 Å². The lowest BCUT2D eigenvalue weighted by molar-refractivity contribution is -0.0489. The largest absolute Gasteiger partial charge is 0.433 e. The second-order valence-corrected chi connectivity index (χ2v) is 3.17. The molecule has 0 aliphatic heterocycles. The zero-order chi connectivity index (χ0) is 11.0. The first-order chi connectivity index (χ1) is 7.08. The molecule has 1 heterocycles. The summed E-state index contributed by atoms with van der Waals surface area (Å²) in [5.41, 5.74) is 6.73. The maximum absolute atomic E-state index is 12.1. The average molecular weight is 213 g/mol. The Morgan fingerprint density at radius 1 is 1.47 bits per heavy atom. The molecule has 1 aromatic carbocycles. The van der Waals surface area contributed by atoms with Gasteiger partial charge in [0.05, 0.1) is 0 Å². The smallest absolute Gasteiger partial charge is 0.387 e. The minimum absolute atomic E-state index is 0.0594. The molecule has 1 aromatic heterocycles. The lowest BCUT2D eigenvalue weighted by Gasteiger charge is -2.06. The Morgan fingerprint density at radius 3 is 2.87 bits per heavy atom. The number of aryl methyl sites for hydroxylation is 1. The monoisotopic (exact) mass is 213 g/mol. The summed E-state index contributed by atoms with van der Waals surface area (Å²) in [5, 5.41) is 6.88. The van der Waals surface area contributed by atoms with Crippen molar-refractivity contribution in [2.24, 2.45) is 0 Å². The Labute approximate surface area is 84.0 Å². The molecule has 80 valence electrons. The number of hydrogen-bond donors (Lipinski definition) is 2. The lowest BCUT2D eigenvalue weighted by atomic mass is 10.1. The predicted molar refractivity (Wildman–Crippen MR) is 51.9 cm³/mol. The Hall–Kier alpha value is -1.85. The fraction of sp³-hybridized carbons (Fsp3) is 0.222. The molecule has 0 spiro atoms. The SMILES string of the molecule is Cc1cc(OC(F)F)c2[nH]nc(N)c2c1. The zero-order valence-electron chi connectivity index (χ0n) is 7.92. The van der Waals surface area contributed by atoms with Gasteiger partial charge in [0.1, 0.15) is 5.52 Å². The number of hydrogen-bond acceptors (Lipinski definition) is 3. The summed E-state index contributed by atoms with van der Waals surface area (Å²) in [4.78, 5) is 0. The van der Waals surface area contributed by atoms with Crippen molar-refractivity contribution in [1.29, 1.82) is 0 Å². The summed E-state index contributed by atoms with van der Waals surface area (Å²) in [6.45, 7) is -1.09. The van der Waals surface area contributed by atoms with E-state index < -0.39 is 6.61 Å². The van der Waals surface area contributed by atoms with E-state index in [1.54, 1.807) is 13.0 Å². The number of nitrogens with one attached hydrogen (secondary N) is 1. The van der Waals surface area contributed by atoms with Crippen LogP contribution in [0.2, 0.25) is 0 Å². The topological polar surface area (TPSA) is 63.9 Å². The molecule has 0 atom stereocenters. The lowest BCUT2D eigenvalue weighted by Crippen LogP contribution is -2.02. The van der Waals surface area contributed by atoms with Crippen molar-refractivity contribution in [1.82, 2.24) is 10.2 Å². The number of nitrogens with zero attached hydrogens (tertiary/aromatic N) is 1. The van der Waals surface area contributed by atoms with Crippen LogP contribution >= 0.6 is 0 Å². The molecule has 0 aliphatic rings. The van der Waals surface area contributed by atoms with Crippen LogP contribution in [0, 0.1) is 6.92 Å². The number of fused-ring (bicyclic) bond motifs is 1. The fourth-order valence-electron chi connectivity index (χ4n) is 1.44. The van der Waals surface area contributed by atoms with Crippen molar-refractivity contribution in [2.45, 2.75) is 13.5 Å². The molecule has 0 saturated heterocycles. The van der Waals surface area contributed by atoms with E-state index in [9.17, 15) is 8.78 Å². The molecule has 2 aromatic rings. The molecule has 2 rings (SSSR count). The Bertz CT molecular complexity index is 495. The second-order valence-electron chi connectivity index (χ2n) is 3.17. The number of aromatic amines is 1. The predicted octanol–water partition coefficient (Wildman–Crippen LogP) is 2.05. The molecule has 0 amide bonds. The van der Waals surface area contributed by atoms with Crippen molar-refractivity contribution in [3.05, 3.63) is 17.7 Å². The van der Waals surface area contributed by atoms with Crippen LogP contribution in [-0.4, -0.2) is 16.8 Å². The van der Waals surface area contributed by atoms with E-state index in [2.05, 4.69) is 14.9 Å². The standard InChI is InChI=1S/C9H9F2N3O/c1-4-2-5-7(13-14-8(5)12)6(3-4)15-9(10)11/h2-3,9H,1H3,(H3,12,13,14). The number of rotatable bonds is 2. The van der Waals surface area contributed by atoms with Crippen molar-refractivity contribution < 1.29 is 13.5 Å². The number of anilines is 1. The number of H-pyrrole nitrogens is 1. The van der Waals surface area contributed by atoms with Gasteiger partial charge in [0.25, 0.3) is 0 Å². The summed E-state index contributed by atoms with van der Waals surface area (Å²) < 4.78 is 28.6. The first kappa shape index (κ1) is 9.70. The highest BCUT2D eigenvalue weighted by atomic mass is 19.3. The highest BCUT2D eigenvalue weighted by molar-refractivity contribution is 5.93. The molecule has 3 N–H and O–H groups in total. The number of ether oxygens (including phenoxy) is 1. The molecule has 15 heavy (non-hydrogen) atoms. The van der Waals surface area contributed by atoms with Gasteiger partial charge in [-0.05, 0) is 24.6 Å². The Morgan fingerprint density at radius 2 is 2.20 bits per heavy atom. The van der Waals surface area contributed by atoms with E-state index in [1.807, 2.05) is 0 Å². The maximum Gasteiger partial charge on any atom is 0.387 e. The van der Waals surface area contributed by atoms with Crippen molar-refractivity contribution in [3.63, 3.8) is 0 Å². The Kier molecular flexibility index (Phi) is 2.18. The van der Waals surface area contributed by atoms with E-state index in [0.717, 1.165) is 5.56 Å². The number of nitrogen functional groups attached to an aromatic ring is 1. The average Bonchev–Trinajstić information content (AvgIpc) is 2.47. The molecule has 0 radical (unpaired) electrons. The first-order valence-corrected chi connectivity index (χ1v) is 4.27. The number of benzene rings is 1. The zero-order valence-corrected chi connectivity index (χ0v) is 7.92. The first-order valence-electron chi connectivity index (χ1n) is 4.27. The molecule has 0 saturated carbocycles. The van der Waals surface area contributed by atoms with Crippen LogP contribution < -0.4 is 10.5 Å². The second kappa shape index (κ2) is 3.38. The molecule has 4 nitrogen and oxygen atoms in total. The summed E-state index contributed by atoms with van der Waals surface area (Å²) in [5.74, 6) is 0.331. The van der Waals surface area contributed by atoms with Gasteiger partial charge < -0.3 is 10.5 Å². The normalized spacial score (nSPS) is 11.2. The molecule has 6 heteroatoms. The van der Waals surface area contributed by atoms with Gasteiger partial charge in [-0.1, -0.05) is 0 Å². The van der Waals surface area contributed by atoms with Crippen LogP contribution in [0.4, 0.5) is 14.6 Å². The molecule has 0 aliphatic carbocycles. The van der Waals surface area contributed by atoms with Crippen molar-refractivity contribution >= 4 is 16.7 Å². The summed E-state index contributed by atoms with van der Waals surface area (Å²) in [6.07, 6.45) is 0. The summed E-state index contributed by atoms with van der Waals surface area (Å²) >= 11 is 0. The number of aromatic nitrogens is 2. The number of alkyl halides is 2. The fourth-order valence-corrected chi connectivity index (χ4v) is 1.44. The quantitative estimate of drug-likeness (QED) is 0.802. The molecule has 0 unspecified atom stereocenters. The molecule has 0 fully saturated rings. The molecular formula is C9H9F2N3O. The Balaban J connectivity index is 2.61. The number of nitrogens with two attached hydrogens (primary N) is 1. The van der Waals surface area contributed by atoms with Gasteiger partial charge in [-0.25, -0.2) is 0 Å². The van der Waals surface area contributed by atoms with Gasteiger partial charge in [-0.15, -0.1) is 0 Å². The maximum atomic E-state index is 12.1. The third-order valence-electron chi connectivity index (χ3n) is 2.03.